The zero-order valence-corrected chi connectivity index (χ0v) is 13.6. The molecule has 0 amide bonds. The van der Waals surface area contributed by atoms with Gasteiger partial charge in [-0.25, -0.2) is 4.98 Å². The van der Waals surface area contributed by atoms with Crippen molar-refractivity contribution in [3.8, 4) is 0 Å². The number of thiazole rings is 1. The fourth-order valence-corrected chi connectivity index (χ4v) is 3.85. The van der Waals surface area contributed by atoms with Gasteiger partial charge in [0.05, 0.1) is 28.1 Å². The topological polar surface area (TPSA) is 79.7 Å². The van der Waals surface area contributed by atoms with Gasteiger partial charge in [-0.3, -0.25) is 4.79 Å². The molecule has 7 heteroatoms. The molecule has 1 heterocycles. The number of esters is 1. The summed E-state index contributed by atoms with van der Waals surface area (Å²) in [7, 11) is 0. The van der Waals surface area contributed by atoms with Gasteiger partial charge < -0.3 is 14.9 Å². The molecule has 2 rings (SSSR count). The third-order valence-corrected chi connectivity index (χ3v) is 5.24. The molecule has 1 saturated carbocycles. The molecule has 0 aromatic carbocycles. The number of carbonyl (C=O) groups excluding carboxylic acids is 1. The molecule has 1 aliphatic rings. The van der Waals surface area contributed by atoms with Crippen molar-refractivity contribution >= 4 is 33.2 Å². The Balaban J connectivity index is 1.99. The van der Waals surface area contributed by atoms with E-state index in [2.05, 4.69) is 20.9 Å². The molecule has 2 N–H and O–H groups in total. The summed E-state index contributed by atoms with van der Waals surface area (Å²) in [5.41, 5.74) is -1.21. The van der Waals surface area contributed by atoms with Crippen molar-refractivity contribution in [2.75, 3.05) is 6.61 Å². The van der Waals surface area contributed by atoms with E-state index in [1.807, 2.05) is 0 Å². The number of aliphatic hydroxyl groups excluding tert-OH is 1. The summed E-state index contributed by atoms with van der Waals surface area (Å²) in [4.78, 5) is 15.8. The van der Waals surface area contributed by atoms with E-state index >= 15 is 0 Å². The van der Waals surface area contributed by atoms with Gasteiger partial charge in [0, 0.05) is 0 Å². The zero-order valence-electron chi connectivity index (χ0n) is 11.2. The Kier molecular flexibility index (Phi) is 5.17. The summed E-state index contributed by atoms with van der Waals surface area (Å²) >= 11 is 4.60. The van der Waals surface area contributed by atoms with E-state index < -0.39 is 11.7 Å². The highest BCUT2D eigenvalue weighted by molar-refractivity contribution is 9.11. The molecule has 1 fully saturated rings. The maximum atomic E-state index is 11.7. The molecule has 1 aromatic rings. The number of rotatable bonds is 4. The van der Waals surface area contributed by atoms with Crippen LogP contribution >= 0.6 is 27.3 Å². The highest BCUT2D eigenvalue weighted by Crippen LogP contribution is 2.42. The van der Waals surface area contributed by atoms with Gasteiger partial charge in [-0.2, -0.15) is 0 Å². The number of hydrogen-bond acceptors (Lipinski definition) is 6. The second-order valence-electron chi connectivity index (χ2n) is 5.04. The Labute approximate surface area is 130 Å². The smallest absolute Gasteiger partial charge is 0.308 e. The minimum absolute atomic E-state index is 0.176. The van der Waals surface area contributed by atoms with Crippen LogP contribution in [0.25, 0.3) is 0 Å². The number of carbonyl (C=O) groups is 1. The lowest BCUT2D eigenvalue weighted by atomic mass is 9.76. The minimum Gasteiger partial charge on any atom is -0.466 e. The average molecular weight is 364 g/mol. The van der Waals surface area contributed by atoms with E-state index in [1.165, 1.54) is 11.3 Å². The van der Waals surface area contributed by atoms with Crippen LogP contribution in [0.2, 0.25) is 0 Å². The first-order valence-corrected chi connectivity index (χ1v) is 8.25. The molecule has 0 spiro atoms. The second kappa shape index (κ2) is 6.51. The molecule has 0 aliphatic heterocycles. The average Bonchev–Trinajstić information content (AvgIpc) is 2.85. The van der Waals surface area contributed by atoms with Crippen LogP contribution in [0.3, 0.4) is 0 Å². The van der Waals surface area contributed by atoms with Gasteiger partial charge in [0.15, 0.2) is 0 Å². The van der Waals surface area contributed by atoms with Crippen molar-refractivity contribution in [2.45, 2.75) is 44.3 Å². The van der Waals surface area contributed by atoms with Crippen molar-refractivity contribution in [3.05, 3.63) is 15.0 Å². The van der Waals surface area contributed by atoms with Crippen molar-refractivity contribution in [1.29, 1.82) is 0 Å². The van der Waals surface area contributed by atoms with Gasteiger partial charge in [0.25, 0.3) is 0 Å². The zero-order chi connectivity index (χ0) is 14.8. The summed E-state index contributed by atoms with van der Waals surface area (Å²) < 4.78 is 5.81. The third-order valence-electron chi connectivity index (χ3n) is 3.71. The lowest BCUT2D eigenvalue weighted by Crippen LogP contribution is -2.41. The van der Waals surface area contributed by atoms with E-state index in [9.17, 15) is 15.0 Å². The summed E-state index contributed by atoms with van der Waals surface area (Å²) in [6.45, 7) is 2.15. The predicted molar refractivity (Wildman–Crippen MR) is 78.3 cm³/mol. The van der Waals surface area contributed by atoms with Crippen molar-refractivity contribution in [1.82, 2.24) is 4.98 Å². The van der Waals surface area contributed by atoms with Gasteiger partial charge in [0.1, 0.15) is 11.1 Å². The van der Waals surface area contributed by atoms with Gasteiger partial charge in [-0.1, -0.05) is 0 Å². The van der Waals surface area contributed by atoms with E-state index in [1.54, 1.807) is 13.1 Å². The van der Waals surface area contributed by atoms with Crippen molar-refractivity contribution in [3.63, 3.8) is 0 Å². The van der Waals surface area contributed by atoms with Crippen LogP contribution in [0.5, 0.6) is 0 Å². The Morgan fingerprint density at radius 1 is 1.65 bits per heavy atom. The molecular weight excluding hydrogens is 346 g/mol. The summed E-state index contributed by atoms with van der Waals surface area (Å²) in [5, 5.41) is 21.4. The number of nitrogens with zero attached hydrogens (tertiary/aromatic N) is 1. The lowest BCUT2D eigenvalue weighted by molar-refractivity contribution is -0.154. The van der Waals surface area contributed by atoms with E-state index in [0.29, 0.717) is 37.3 Å². The van der Waals surface area contributed by atoms with E-state index in [-0.39, 0.29) is 11.9 Å². The summed E-state index contributed by atoms with van der Waals surface area (Å²) in [6.07, 6.45) is 2.39. The lowest BCUT2D eigenvalue weighted by Gasteiger charge is -2.37. The molecule has 5 nitrogen and oxygen atoms in total. The Morgan fingerprint density at radius 2 is 2.30 bits per heavy atom. The highest BCUT2D eigenvalue weighted by atomic mass is 79.9. The Morgan fingerprint density at radius 3 is 2.80 bits per heavy atom. The predicted octanol–water partition coefficient (Wildman–Crippen LogP) is 2.42. The maximum Gasteiger partial charge on any atom is 0.308 e. The number of aromatic nitrogens is 1. The van der Waals surface area contributed by atoms with Gasteiger partial charge >= 0.3 is 5.97 Å². The van der Waals surface area contributed by atoms with Gasteiger partial charge in [-0.05, 0) is 48.5 Å². The summed E-state index contributed by atoms with van der Waals surface area (Å²) in [6, 6.07) is 0. The quantitative estimate of drug-likeness (QED) is 0.803. The van der Waals surface area contributed by atoms with Crippen LogP contribution in [-0.4, -0.2) is 33.4 Å². The Bertz CT molecular complexity index is 471. The molecule has 20 heavy (non-hydrogen) atoms. The number of hydrogen-bond donors (Lipinski definition) is 2. The number of aliphatic hydroxyl groups is 2. The molecule has 0 saturated heterocycles. The third kappa shape index (κ3) is 3.39. The Hall–Kier alpha value is -0.500. The molecule has 1 atom stereocenters. The fraction of sp³-hybridized carbons (Fsp3) is 0.692. The molecule has 0 radical (unpaired) electrons. The van der Waals surface area contributed by atoms with E-state index in [4.69, 9.17) is 4.74 Å². The van der Waals surface area contributed by atoms with Gasteiger partial charge in [-0.15, -0.1) is 11.3 Å². The minimum atomic E-state index is -1.21. The molecular formula is C13H18BrNO4S. The SMILES string of the molecule is CCOC(=O)[C@H]1CC[C@@](O)([C@@H](O)c2ncc(Br)s2)CC1. The molecule has 0 unspecified atom stereocenters. The van der Waals surface area contributed by atoms with Crippen molar-refractivity contribution in [2.24, 2.45) is 5.92 Å². The molecule has 112 valence electrons. The standard InChI is InChI=1S/C13H18BrNO4S/c1-2-19-12(17)8-3-5-13(18,6-4-8)10(16)11-15-7-9(14)20-11/h7-8,10,16,18H,2-6H2,1H3/t8-,10-,13-/m0/s1. The van der Waals surface area contributed by atoms with Crippen LogP contribution in [0.1, 0.15) is 43.7 Å². The first-order valence-electron chi connectivity index (χ1n) is 6.64. The normalized spacial score (nSPS) is 28.1. The van der Waals surface area contributed by atoms with Crippen LogP contribution in [0.15, 0.2) is 9.98 Å². The monoisotopic (exact) mass is 363 g/mol. The van der Waals surface area contributed by atoms with Crippen molar-refractivity contribution < 1.29 is 19.7 Å². The second-order valence-corrected chi connectivity index (χ2v) is 7.48. The molecule has 1 aromatic heterocycles. The molecule has 0 bridgehead atoms. The fourth-order valence-electron chi connectivity index (χ4n) is 2.51. The van der Waals surface area contributed by atoms with Crippen LogP contribution in [-0.2, 0) is 9.53 Å². The van der Waals surface area contributed by atoms with Crippen LogP contribution in [0.4, 0.5) is 0 Å². The number of ether oxygens (including phenoxy) is 1. The first kappa shape index (κ1) is 15.9. The van der Waals surface area contributed by atoms with E-state index in [0.717, 1.165) is 3.79 Å². The summed E-state index contributed by atoms with van der Waals surface area (Å²) in [5.74, 6) is -0.383. The highest BCUT2D eigenvalue weighted by Gasteiger charge is 2.43. The van der Waals surface area contributed by atoms with Crippen LogP contribution in [0, 0.1) is 5.92 Å². The number of halogens is 1. The molecule has 1 aliphatic carbocycles. The first-order chi connectivity index (χ1) is 9.46. The largest absolute Gasteiger partial charge is 0.466 e. The maximum absolute atomic E-state index is 11.7. The van der Waals surface area contributed by atoms with Crippen LogP contribution < -0.4 is 0 Å². The van der Waals surface area contributed by atoms with Gasteiger partial charge in [0.2, 0.25) is 0 Å².